The van der Waals surface area contributed by atoms with Crippen molar-refractivity contribution in [3.63, 3.8) is 0 Å². The number of hydrogen-bond donors (Lipinski definition) is 4. The molecular formula is C26H38N2O10S2. The van der Waals surface area contributed by atoms with Gasteiger partial charge in [0.25, 0.3) is 20.2 Å². The molecule has 0 fully saturated rings. The zero-order chi connectivity index (χ0) is 31.3. The lowest BCUT2D eigenvalue weighted by Gasteiger charge is -2.09. The van der Waals surface area contributed by atoms with Crippen LogP contribution in [0.5, 0.6) is 0 Å². The molecule has 40 heavy (non-hydrogen) atoms. The third kappa shape index (κ3) is 13.3. The maximum atomic E-state index is 11.2. The van der Waals surface area contributed by atoms with E-state index in [9.17, 15) is 26.4 Å². The molecule has 14 heteroatoms. The monoisotopic (exact) mass is 602 g/mol. The Morgan fingerprint density at radius 2 is 1.05 bits per heavy atom. The van der Waals surface area contributed by atoms with E-state index in [-0.39, 0.29) is 22.7 Å². The number of carbonyl (C=O) groups is 2. The largest absolute Gasteiger partial charge is 0.465 e. The number of esters is 2. The molecule has 12 nitrogen and oxygen atoms in total. The van der Waals surface area contributed by atoms with Crippen molar-refractivity contribution in [2.75, 3.05) is 13.2 Å². The summed E-state index contributed by atoms with van der Waals surface area (Å²) in [7, 11) is -8.94. The fraction of sp³-hybridized carbons (Fsp3) is 0.385. The second kappa shape index (κ2) is 16.8. The van der Waals surface area contributed by atoms with Gasteiger partial charge in [0.15, 0.2) is 0 Å². The minimum atomic E-state index is -4.47. The van der Waals surface area contributed by atoms with Gasteiger partial charge in [-0.15, -0.1) is 13.2 Å². The summed E-state index contributed by atoms with van der Waals surface area (Å²) in [5.41, 5.74) is 12.7. The number of nitrogens with two attached hydrogens (primary N) is 2. The lowest BCUT2D eigenvalue weighted by Crippen LogP contribution is -2.32. The summed E-state index contributed by atoms with van der Waals surface area (Å²) < 4.78 is 72.1. The summed E-state index contributed by atoms with van der Waals surface area (Å²) in [6.45, 7) is 15.2. The first-order chi connectivity index (χ1) is 18.4. The summed E-state index contributed by atoms with van der Waals surface area (Å²) >= 11 is 0. The Morgan fingerprint density at radius 3 is 1.27 bits per heavy atom. The van der Waals surface area contributed by atoms with Crippen molar-refractivity contribution in [3.05, 3.63) is 60.7 Å². The van der Waals surface area contributed by atoms with Crippen molar-refractivity contribution in [2.45, 2.75) is 62.4 Å². The van der Waals surface area contributed by atoms with Gasteiger partial charge in [-0.25, -0.2) is 0 Å². The number of carbonyl (C=O) groups excluding carboxylic acids is 2. The van der Waals surface area contributed by atoms with Gasteiger partial charge in [0.1, 0.15) is 21.9 Å². The van der Waals surface area contributed by atoms with Gasteiger partial charge in [-0.3, -0.25) is 18.7 Å². The standard InChI is InChI=1S/C10H8O6S2.2C8H15NO2/c11-17(12,13)9-5-1-3-7-8(9)4-2-6-10(7)18(14,15)16;2*1-4-11-8(10)7(9)5-6(2)3/h1-6H,(H,11,12,13)(H,14,15,16);2*7H,2,4-5,9H2,1,3H3/t;2*7-/m.00/s1. The first-order valence-corrected chi connectivity index (χ1v) is 14.8. The Hall–Kier alpha value is -3.14. The van der Waals surface area contributed by atoms with Gasteiger partial charge in [-0.05, 0) is 52.7 Å². The molecule has 0 radical (unpaired) electrons. The maximum absolute atomic E-state index is 11.2. The highest BCUT2D eigenvalue weighted by Gasteiger charge is 2.19. The quantitative estimate of drug-likeness (QED) is 0.175. The van der Waals surface area contributed by atoms with Crippen LogP contribution in [0.3, 0.4) is 0 Å². The summed E-state index contributed by atoms with van der Waals surface area (Å²) in [6, 6.07) is 6.43. The van der Waals surface area contributed by atoms with E-state index in [1.807, 2.05) is 13.8 Å². The highest BCUT2D eigenvalue weighted by Crippen LogP contribution is 2.28. The molecule has 0 unspecified atom stereocenters. The molecule has 2 atom stereocenters. The van der Waals surface area contributed by atoms with E-state index in [1.54, 1.807) is 13.8 Å². The van der Waals surface area contributed by atoms with Crippen molar-refractivity contribution in [1.82, 2.24) is 0 Å². The Morgan fingerprint density at radius 1 is 0.750 bits per heavy atom. The van der Waals surface area contributed by atoms with Crippen LogP contribution in [0.2, 0.25) is 0 Å². The fourth-order valence-electron chi connectivity index (χ4n) is 3.12. The average molecular weight is 603 g/mol. The smallest absolute Gasteiger partial charge is 0.323 e. The second-order valence-electron chi connectivity index (χ2n) is 8.60. The molecule has 224 valence electrons. The normalized spacial score (nSPS) is 12.5. The molecular weight excluding hydrogens is 564 g/mol. The zero-order valence-corrected chi connectivity index (χ0v) is 24.6. The first kappa shape index (κ1) is 36.9. The van der Waals surface area contributed by atoms with Gasteiger partial charge in [-0.2, -0.15) is 16.8 Å². The summed E-state index contributed by atoms with van der Waals surface area (Å²) in [6.07, 6.45) is 0.998. The lowest BCUT2D eigenvalue weighted by atomic mass is 10.1. The number of benzene rings is 2. The third-order valence-corrected chi connectivity index (χ3v) is 6.54. The topological polar surface area (TPSA) is 213 Å². The molecule has 6 N–H and O–H groups in total. The zero-order valence-electron chi connectivity index (χ0n) is 23.0. The maximum Gasteiger partial charge on any atom is 0.323 e. The SMILES string of the molecule is C=C(C)C[C@H](N)C(=O)OCC.C=C(C)C[C@H](N)C(=O)OCC.O=S(=O)(O)c1cccc2c(S(=O)(=O)O)cccc12. The van der Waals surface area contributed by atoms with Gasteiger partial charge in [0.05, 0.1) is 13.2 Å². The minimum absolute atomic E-state index is 0.0233. The molecule has 0 bridgehead atoms. The second-order valence-corrected chi connectivity index (χ2v) is 11.4. The first-order valence-electron chi connectivity index (χ1n) is 12.0. The van der Waals surface area contributed by atoms with Gasteiger partial charge in [0, 0.05) is 10.8 Å². The van der Waals surface area contributed by atoms with Gasteiger partial charge in [0.2, 0.25) is 0 Å². The van der Waals surface area contributed by atoms with E-state index < -0.39 is 42.1 Å². The van der Waals surface area contributed by atoms with Crippen molar-refractivity contribution < 1.29 is 45.0 Å². The molecule has 0 heterocycles. The van der Waals surface area contributed by atoms with E-state index in [4.69, 9.17) is 30.0 Å². The lowest BCUT2D eigenvalue weighted by molar-refractivity contribution is -0.145. The van der Waals surface area contributed by atoms with Crippen LogP contribution in [0.15, 0.2) is 70.5 Å². The van der Waals surface area contributed by atoms with Crippen LogP contribution in [0.25, 0.3) is 10.8 Å². The summed E-state index contributed by atoms with van der Waals surface area (Å²) in [5, 5.41) is 0.0465. The van der Waals surface area contributed by atoms with Crippen LogP contribution in [0, 0.1) is 0 Å². The highest BCUT2D eigenvalue weighted by atomic mass is 32.2. The van der Waals surface area contributed by atoms with Crippen molar-refractivity contribution in [3.8, 4) is 0 Å². The Labute approximate surface area is 235 Å². The Kier molecular flexibility index (Phi) is 15.5. The minimum Gasteiger partial charge on any atom is -0.465 e. The molecule has 2 rings (SSSR count). The molecule has 0 spiro atoms. The number of rotatable bonds is 10. The van der Waals surface area contributed by atoms with Crippen LogP contribution in [-0.4, -0.2) is 63.2 Å². The average Bonchev–Trinajstić information content (AvgIpc) is 2.82. The van der Waals surface area contributed by atoms with Crippen LogP contribution in [0.4, 0.5) is 0 Å². The van der Waals surface area contributed by atoms with E-state index in [0.717, 1.165) is 23.3 Å². The number of ether oxygens (including phenoxy) is 2. The van der Waals surface area contributed by atoms with E-state index in [0.29, 0.717) is 26.1 Å². The van der Waals surface area contributed by atoms with E-state index >= 15 is 0 Å². The fourth-order valence-corrected chi connectivity index (χ4v) is 4.53. The predicted octanol–water partition coefficient (Wildman–Crippen LogP) is 3.02. The van der Waals surface area contributed by atoms with Gasteiger partial charge >= 0.3 is 11.9 Å². The molecule has 0 aromatic heterocycles. The van der Waals surface area contributed by atoms with Crippen LogP contribution < -0.4 is 11.5 Å². The third-order valence-electron chi connectivity index (χ3n) is 4.71. The molecule has 2 aromatic carbocycles. The number of hydrogen-bond acceptors (Lipinski definition) is 10. The van der Waals surface area contributed by atoms with Gasteiger partial charge < -0.3 is 20.9 Å². The molecule has 0 amide bonds. The van der Waals surface area contributed by atoms with Crippen LogP contribution >= 0.6 is 0 Å². The molecule has 0 aliphatic rings. The number of fused-ring (bicyclic) bond motifs is 1. The summed E-state index contributed by atoms with van der Waals surface area (Å²) in [4.78, 5) is 21.0. The van der Waals surface area contributed by atoms with Crippen molar-refractivity contribution in [1.29, 1.82) is 0 Å². The molecule has 0 saturated heterocycles. The molecule has 0 aliphatic carbocycles. The molecule has 0 saturated carbocycles. The van der Waals surface area contributed by atoms with E-state index in [2.05, 4.69) is 13.2 Å². The van der Waals surface area contributed by atoms with Crippen molar-refractivity contribution in [2.24, 2.45) is 11.5 Å². The molecule has 2 aromatic rings. The highest BCUT2D eigenvalue weighted by molar-refractivity contribution is 7.86. The molecule has 0 aliphatic heterocycles. The predicted molar refractivity (Wildman–Crippen MR) is 152 cm³/mol. The Balaban J connectivity index is 0.000000606. The van der Waals surface area contributed by atoms with Crippen LogP contribution in [0.1, 0.15) is 40.5 Å². The Bertz CT molecular complexity index is 1300. The van der Waals surface area contributed by atoms with Crippen LogP contribution in [-0.2, 0) is 39.3 Å². The van der Waals surface area contributed by atoms with Gasteiger partial charge in [-0.1, -0.05) is 35.4 Å². The van der Waals surface area contributed by atoms with E-state index in [1.165, 1.54) is 24.3 Å². The summed E-state index contributed by atoms with van der Waals surface area (Å²) in [5.74, 6) is -0.703. The van der Waals surface area contributed by atoms with Crippen molar-refractivity contribution >= 4 is 42.9 Å².